The van der Waals surface area contributed by atoms with E-state index >= 15 is 0 Å². The summed E-state index contributed by atoms with van der Waals surface area (Å²) in [5.74, 6) is 0. The Morgan fingerprint density at radius 3 is 2.92 bits per heavy atom. The van der Waals surface area contributed by atoms with Crippen LogP contribution in [0.5, 0.6) is 0 Å². The maximum absolute atomic E-state index is 3.62. The number of rotatable bonds is 1. The van der Waals surface area contributed by atoms with E-state index in [9.17, 15) is 0 Å². The number of hydrogen-bond donors (Lipinski definition) is 1. The van der Waals surface area contributed by atoms with E-state index in [1.807, 2.05) is 0 Å². The molecular weight excluding hydrogens is 158 g/mol. The van der Waals surface area contributed by atoms with Gasteiger partial charge in [-0.15, -0.1) is 0 Å². The fourth-order valence-corrected chi connectivity index (χ4v) is 1.92. The van der Waals surface area contributed by atoms with E-state index in [1.54, 1.807) is 0 Å². The summed E-state index contributed by atoms with van der Waals surface area (Å²) in [6.45, 7) is 4.56. The number of para-hydroxylation sites is 1. The summed E-state index contributed by atoms with van der Waals surface area (Å²) in [5.41, 5.74) is 3.11. The zero-order valence-electron chi connectivity index (χ0n) is 8.43. The first-order chi connectivity index (χ1) is 6.23. The van der Waals surface area contributed by atoms with Crippen molar-refractivity contribution in [3.05, 3.63) is 29.8 Å². The Balaban J connectivity index is 2.29. The average molecular weight is 175 g/mol. The van der Waals surface area contributed by atoms with Gasteiger partial charge in [0.25, 0.3) is 0 Å². The minimum atomic E-state index is 0.314. The monoisotopic (exact) mass is 175 g/mol. The molecule has 0 spiro atoms. The maximum Gasteiger partial charge on any atom is 0.0376 e. The van der Waals surface area contributed by atoms with Gasteiger partial charge in [0.05, 0.1) is 0 Å². The van der Waals surface area contributed by atoms with Crippen molar-refractivity contribution in [2.45, 2.75) is 38.6 Å². The summed E-state index contributed by atoms with van der Waals surface area (Å²) < 4.78 is 0. The van der Waals surface area contributed by atoms with Gasteiger partial charge in [-0.1, -0.05) is 25.1 Å². The summed E-state index contributed by atoms with van der Waals surface area (Å²) in [6, 6.07) is 8.63. The zero-order chi connectivity index (χ0) is 9.31. The average Bonchev–Trinajstić information content (AvgIpc) is 2.18. The van der Waals surface area contributed by atoms with E-state index in [0.717, 1.165) is 0 Å². The topological polar surface area (TPSA) is 12.0 Å². The minimum absolute atomic E-state index is 0.314. The highest BCUT2D eigenvalue weighted by atomic mass is 15.0. The first kappa shape index (κ1) is 8.61. The zero-order valence-corrected chi connectivity index (χ0v) is 8.43. The second-order valence-corrected chi connectivity index (χ2v) is 4.20. The van der Waals surface area contributed by atoms with Gasteiger partial charge in [-0.25, -0.2) is 0 Å². The lowest BCUT2D eigenvalue weighted by molar-refractivity contribution is 0.444. The van der Waals surface area contributed by atoms with Crippen molar-refractivity contribution in [2.75, 3.05) is 5.32 Å². The first-order valence-corrected chi connectivity index (χ1v) is 5.10. The van der Waals surface area contributed by atoms with Gasteiger partial charge >= 0.3 is 0 Å². The van der Waals surface area contributed by atoms with Crippen LogP contribution in [0.4, 0.5) is 5.69 Å². The van der Waals surface area contributed by atoms with Gasteiger partial charge in [0.1, 0.15) is 0 Å². The summed E-state index contributed by atoms with van der Waals surface area (Å²) in [5, 5.41) is 3.62. The predicted octanol–water partition coefficient (Wildman–Crippen LogP) is 3.21. The third kappa shape index (κ3) is 1.55. The largest absolute Gasteiger partial charge is 0.380 e. The van der Waals surface area contributed by atoms with Crippen LogP contribution in [0.2, 0.25) is 0 Å². The van der Waals surface area contributed by atoms with Gasteiger partial charge in [-0.05, 0) is 37.8 Å². The quantitative estimate of drug-likeness (QED) is 0.691. The van der Waals surface area contributed by atoms with Gasteiger partial charge in [-0.3, -0.25) is 0 Å². The van der Waals surface area contributed by atoms with E-state index in [-0.39, 0.29) is 0 Å². The van der Waals surface area contributed by atoms with Crippen molar-refractivity contribution in [3.8, 4) is 0 Å². The highest BCUT2D eigenvalue weighted by Crippen LogP contribution is 2.31. The van der Waals surface area contributed by atoms with Crippen molar-refractivity contribution >= 4 is 5.69 Å². The molecule has 13 heavy (non-hydrogen) atoms. The third-order valence-electron chi connectivity index (χ3n) is 3.18. The van der Waals surface area contributed by atoms with Crippen LogP contribution in [0.3, 0.4) is 0 Å². The SMILES string of the molecule is CCC1(C)CCc2ccccc2N1. The van der Waals surface area contributed by atoms with Crippen molar-refractivity contribution in [1.82, 2.24) is 0 Å². The molecule has 1 atom stereocenters. The number of benzene rings is 1. The lowest BCUT2D eigenvalue weighted by Crippen LogP contribution is -2.37. The molecular formula is C12H17N. The molecule has 0 aromatic heterocycles. The van der Waals surface area contributed by atoms with Crippen LogP contribution in [0, 0.1) is 0 Å². The van der Waals surface area contributed by atoms with E-state index < -0.39 is 0 Å². The molecule has 0 amide bonds. The van der Waals surface area contributed by atoms with E-state index in [2.05, 4.69) is 43.4 Å². The van der Waals surface area contributed by atoms with Gasteiger partial charge in [0.2, 0.25) is 0 Å². The lowest BCUT2D eigenvalue weighted by Gasteiger charge is -2.36. The van der Waals surface area contributed by atoms with Crippen LogP contribution < -0.4 is 5.32 Å². The highest BCUT2D eigenvalue weighted by Gasteiger charge is 2.26. The molecule has 1 heteroatoms. The number of fused-ring (bicyclic) bond motifs is 1. The van der Waals surface area contributed by atoms with E-state index in [1.165, 1.54) is 30.5 Å². The number of anilines is 1. The molecule has 0 saturated carbocycles. The Hall–Kier alpha value is -0.980. The molecule has 1 nitrogen and oxygen atoms in total. The summed E-state index contributed by atoms with van der Waals surface area (Å²) in [6.07, 6.45) is 3.66. The normalized spacial score (nSPS) is 26.3. The molecule has 1 unspecified atom stereocenters. The van der Waals surface area contributed by atoms with Gasteiger partial charge in [0.15, 0.2) is 0 Å². The van der Waals surface area contributed by atoms with Crippen molar-refractivity contribution in [3.63, 3.8) is 0 Å². The molecule has 1 aromatic carbocycles. The summed E-state index contributed by atoms with van der Waals surface area (Å²) >= 11 is 0. The maximum atomic E-state index is 3.62. The van der Waals surface area contributed by atoms with Crippen LogP contribution in [-0.2, 0) is 6.42 Å². The Morgan fingerprint density at radius 2 is 2.15 bits per heavy atom. The molecule has 1 heterocycles. The molecule has 0 bridgehead atoms. The Bertz CT molecular complexity index is 306. The van der Waals surface area contributed by atoms with E-state index in [4.69, 9.17) is 0 Å². The number of aryl methyl sites for hydroxylation is 1. The van der Waals surface area contributed by atoms with Crippen molar-refractivity contribution in [2.24, 2.45) is 0 Å². The molecule has 1 N–H and O–H groups in total. The molecule has 0 saturated heterocycles. The molecule has 1 aromatic rings. The van der Waals surface area contributed by atoms with Crippen LogP contribution in [0.25, 0.3) is 0 Å². The van der Waals surface area contributed by atoms with E-state index in [0.29, 0.717) is 5.54 Å². The van der Waals surface area contributed by atoms with Crippen molar-refractivity contribution < 1.29 is 0 Å². The first-order valence-electron chi connectivity index (χ1n) is 5.10. The standard InChI is InChI=1S/C12H17N/c1-3-12(2)9-8-10-6-4-5-7-11(10)13-12/h4-7,13H,3,8-9H2,1-2H3. The smallest absolute Gasteiger partial charge is 0.0376 e. The molecule has 70 valence electrons. The van der Waals surface area contributed by atoms with Crippen molar-refractivity contribution in [1.29, 1.82) is 0 Å². The minimum Gasteiger partial charge on any atom is -0.380 e. The third-order valence-corrected chi connectivity index (χ3v) is 3.18. The molecule has 0 aliphatic carbocycles. The Labute approximate surface area is 80.2 Å². The van der Waals surface area contributed by atoms with Crippen LogP contribution in [-0.4, -0.2) is 5.54 Å². The molecule has 0 fully saturated rings. The van der Waals surface area contributed by atoms with Crippen LogP contribution in [0.1, 0.15) is 32.3 Å². The van der Waals surface area contributed by atoms with Crippen LogP contribution in [0.15, 0.2) is 24.3 Å². The number of nitrogens with one attached hydrogen (secondary N) is 1. The van der Waals surface area contributed by atoms with Gasteiger partial charge in [-0.2, -0.15) is 0 Å². The van der Waals surface area contributed by atoms with Gasteiger partial charge in [0, 0.05) is 11.2 Å². The number of hydrogen-bond acceptors (Lipinski definition) is 1. The Kier molecular flexibility index (Phi) is 2.03. The molecule has 1 aliphatic heterocycles. The molecule has 0 radical (unpaired) electrons. The molecule has 2 rings (SSSR count). The second kappa shape index (κ2) is 3.06. The fraction of sp³-hybridized carbons (Fsp3) is 0.500. The summed E-state index contributed by atoms with van der Waals surface area (Å²) in [4.78, 5) is 0. The summed E-state index contributed by atoms with van der Waals surface area (Å²) in [7, 11) is 0. The van der Waals surface area contributed by atoms with Crippen LogP contribution >= 0.6 is 0 Å². The molecule has 1 aliphatic rings. The lowest BCUT2D eigenvalue weighted by atomic mass is 9.86. The highest BCUT2D eigenvalue weighted by molar-refractivity contribution is 5.55. The Morgan fingerprint density at radius 1 is 1.38 bits per heavy atom. The van der Waals surface area contributed by atoms with Gasteiger partial charge < -0.3 is 5.32 Å². The fourth-order valence-electron chi connectivity index (χ4n) is 1.92. The second-order valence-electron chi connectivity index (χ2n) is 4.20. The predicted molar refractivity (Wildman–Crippen MR) is 57.1 cm³/mol.